The number of nitro groups is 1. The van der Waals surface area contributed by atoms with Crippen molar-refractivity contribution in [2.24, 2.45) is 0 Å². The lowest BCUT2D eigenvalue weighted by molar-refractivity contribution is -0.384. The number of nitrogens with zero attached hydrogens (tertiary/aromatic N) is 2. The van der Waals surface area contributed by atoms with Crippen LogP contribution in [0.1, 0.15) is 6.42 Å². The lowest BCUT2D eigenvalue weighted by Gasteiger charge is -2.15. The molecular weight excluding hydrogens is 337 g/mol. The molecule has 9 heteroatoms. The molecule has 0 bridgehead atoms. The van der Waals surface area contributed by atoms with Gasteiger partial charge in [-0.05, 0) is 28.4 Å². The summed E-state index contributed by atoms with van der Waals surface area (Å²) in [5, 5.41) is 22.7. The van der Waals surface area contributed by atoms with Crippen LogP contribution in [-0.2, 0) is 0 Å². The summed E-state index contributed by atoms with van der Waals surface area (Å²) in [7, 11) is 0. The Kier molecular flexibility index (Phi) is 4.07. The smallest absolute Gasteiger partial charge is 0.407 e. The first-order chi connectivity index (χ1) is 9.38. The minimum Gasteiger partial charge on any atom is -0.465 e. The van der Waals surface area contributed by atoms with Gasteiger partial charge in [-0.1, -0.05) is 0 Å². The molecule has 7 nitrogen and oxygen atoms in total. The summed E-state index contributed by atoms with van der Waals surface area (Å²) >= 11 is 2.97. The van der Waals surface area contributed by atoms with Crippen LogP contribution < -0.4 is 5.32 Å². The molecule has 1 aromatic rings. The van der Waals surface area contributed by atoms with Gasteiger partial charge in [0.05, 0.1) is 15.5 Å². The fourth-order valence-electron chi connectivity index (χ4n) is 2.07. The van der Waals surface area contributed by atoms with Crippen LogP contribution in [0.15, 0.2) is 16.6 Å². The molecule has 0 spiro atoms. The van der Waals surface area contributed by atoms with Crippen LogP contribution in [0.4, 0.5) is 20.6 Å². The van der Waals surface area contributed by atoms with Crippen molar-refractivity contribution in [1.29, 1.82) is 0 Å². The van der Waals surface area contributed by atoms with E-state index in [-0.39, 0.29) is 28.4 Å². The number of hydrogen-bond donors (Lipinski definition) is 2. The van der Waals surface area contributed by atoms with E-state index in [1.54, 1.807) is 0 Å². The quantitative estimate of drug-likeness (QED) is 0.647. The Bertz CT molecular complexity index is 569. The third kappa shape index (κ3) is 2.98. The van der Waals surface area contributed by atoms with Crippen molar-refractivity contribution in [1.82, 2.24) is 4.90 Å². The average molecular weight is 348 g/mol. The van der Waals surface area contributed by atoms with Crippen molar-refractivity contribution in [3.05, 3.63) is 32.5 Å². The molecule has 1 saturated heterocycles. The Morgan fingerprint density at radius 1 is 1.60 bits per heavy atom. The molecule has 1 atom stereocenters. The van der Waals surface area contributed by atoms with E-state index >= 15 is 0 Å². The van der Waals surface area contributed by atoms with Gasteiger partial charge in [-0.15, -0.1) is 0 Å². The van der Waals surface area contributed by atoms with Gasteiger partial charge >= 0.3 is 6.09 Å². The number of nitrogens with one attached hydrogen (secondary N) is 1. The van der Waals surface area contributed by atoms with E-state index in [1.165, 1.54) is 11.0 Å². The van der Waals surface area contributed by atoms with Gasteiger partial charge in [0, 0.05) is 19.1 Å². The maximum atomic E-state index is 13.3. The Morgan fingerprint density at radius 2 is 2.30 bits per heavy atom. The summed E-state index contributed by atoms with van der Waals surface area (Å²) in [6.07, 6.45) is -0.484. The molecule has 0 aliphatic carbocycles. The number of rotatable bonds is 3. The van der Waals surface area contributed by atoms with E-state index in [2.05, 4.69) is 21.2 Å². The molecule has 1 aliphatic heterocycles. The largest absolute Gasteiger partial charge is 0.465 e. The summed E-state index contributed by atoms with van der Waals surface area (Å²) in [5.74, 6) is -0.721. The minimum atomic E-state index is -1.02. The van der Waals surface area contributed by atoms with Crippen molar-refractivity contribution in [3.8, 4) is 0 Å². The maximum Gasteiger partial charge on any atom is 0.407 e. The van der Waals surface area contributed by atoms with Crippen molar-refractivity contribution < 1.29 is 19.2 Å². The number of halogens is 2. The van der Waals surface area contributed by atoms with E-state index in [4.69, 9.17) is 5.11 Å². The number of likely N-dealkylation sites (tertiary alicyclic amines) is 1. The van der Waals surface area contributed by atoms with E-state index in [9.17, 15) is 19.3 Å². The molecule has 0 radical (unpaired) electrons. The van der Waals surface area contributed by atoms with Crippen LogP contribution in [0.25, 0.3) is 0 Å². The van der Waals surface area contributed by atoms with Crippen LogP contribution in [0.3, 0.4) is 0 Å². The first kappa shape index (κ1) is 14.5. The lowest BCUT2D eigenvalue weighted by atomic mass is 10.2. The molecule has 2 rings (SSSR count). The number of amides is 1. The highest BCUT2D eigenvalue weighted by Gasteiger charge is 2.28. The lowest BCUT2D eigenvalue weighted by Crippen LogP contribution is -2.30. The first-order valence-corrected chi connectivity index (χ1v) is 6.55. The number of anilines is 1. The van der Waals surface area contributed by atoms with Gasteiger partial charge in [0.2, 0.25) is 0 Å². The molecule has 108 valence electrons. The van der Waals surface area contributed by atoms with Gasteiger partial charge in [0.1, 0.15) is 11.5 Å². The summed E-state index contributed by atoms with van der Waals surface area (Å²) in [6, 6.07) is 1.88. The Morgan fingerprint density at radius 3 is 2.85 bits per heavy atom. The number of hydrogen-bond acceptors (Lipinski definition) is 4. The molecule has 0 saturated carbocycles. The molecule has 1 aliphatic rings. The molecule has 1 heterocycles. The Labute approximate surface area is 121 Å². The van der Waals surface area contributed by atoms with Crippen molar-refractivity contribution in [3.63, 3.8) is 0 Å². The first-order valence-electron chi connectivity index (χ1n) is 5.76. The molecule has 1 amide bonds. The average Bonchev–Trinajstić information content (AvgIpc) is 2.82. The van der Waals surface area contributed by atoms with E-state index in [0.717, 1.165) is 6.07 Å². The van der Waals surface area contributed by atoms with Gasteiger partial charge < -0.3 is 15.3 Å². The second kappa shape index (κ2) is 5.61. The predicted molar refractivity (Wildman–Crippen MR) is 72.4 cm³/mol. The van der Waals surface area contributed by atoms with E-state index in [0.29, 0.717) is 13.0 Å². The predicted octanol–water partition coefficient (Wildman–Crippen LogP) is 2.66. The summed E-state index contributed by atoms with van der Waals surface area (Å²) in [5.41, 5.74) is -0.208. The van der Waals surface area contributed by atoms with Crippen LogP contribution in [0, 0.1) is 15.9 Å². The van der Waals surface area contributed by atoms with Crippen molar-refractivity contribution >= 4 is 33.4 Å². The van der Waals surface area contributed by atoms with Gasteiger partial charge in [0.15, 0.2) is 0 Å². The van der Waals surface area contributed by atoms with Crippen molar-refractivity contribution in [2.75, 3.05) is 18.4 Å². The summed E-state index contributed by atoms with van der Waals surface area (Å²) in [6.45, 7) is 0.602. The molecule has 20 heavy (non-hydrogen) atoms. The summed E-state index contributed by atoms with van der Waals surface area (Å²) in [4.78, 5) is 22.3. The number of carboxylic acid groups (broad SMARTS) is 1. The molecule has 2 N–H and O–H groups in total. The maximum absolute atomic E-state index is 13.3. The fraction of sp³-hybridized carbons (Fsp3) is 0.364. The van der Waals surface area contributed by atoms with E-state index < -0.39 is 16.8 Å². The fourth-order valence-corrected chi connectivity index (χ4v) is 2.42. The molecule has 1 fully saturated rings. The number of carbonyl (C=O) groups is 1. The second-order valence-electron chi connectivity index (χ2n) is 4.40. The number of nitro benzene ring substituents is 1. The SMILES string of the molecule is O=C(O)N1CC[C@@H](Nc2cc(Br)c(F)cc2[N+](=O)[O-])C1. The van der Waals surface area contributed by atoms with Crippen LogP contribution in [0.2, 0.25) is 0 Å². The molecule has 0 unspecified atom stereocenters. The topological polar surface area (TPSA) is 95.7 Å². The van der Waals surface area contributed by atoms with Gasteiger partial charge in [-0.25, -0.2) is 9.18 Å². The highest BCUT2D eigenvalue weighted by molar-refractivity contribution is 9.10. The zero-order chi connectivity index (χ0) is 14.9. The zero-order valence-corrected chi connectivity index (χ0v) is 11.8. The highest BCUT2D eigenvalue weighted by atomic mass is 79.9. The third-order valence-corrected chi connectivity index (χ3v) is 3.66. The normalized spacial score (nSPS) is 18.1. The minimum absolute atomic E-state index is 0.110. The second-order valence-corrected chi connectivity index (χ2v) is 5.25. The molecule has 1 aromatic carbocycles. The highest BCUT2D eigenvalue weighted by Crippen LogP contribution is 2.31. The van der Waals surface area contributed by atoms with E-state index in [1.807, 2.05) is 0 Å². The van der Waals surface area contributed by atoms with Crippen LogP contribution in [-0.4, -0.2) is 40.2 Å². The monoisotopic (exact) mass is 347 g/mol. The summed E-state index contributed by atoms with van der Waals surface area (Å²) < 4.78 is 13.4. The molecule has 0 aromatic heterocycles. The third-order valence-electron chi connectivity index (χ3n) is 3.05. The van der Waals surface area contributed by atoms with Crippen LogP contribution >= 0.6 is 15.9 Å². The Balaban J connectivity index is 2.19. The standard InChI is InChI=1S/C11H11BrFN3O4/c12-7-3-9(10(16(19)20)4-8(7)13)14-6-1-2-15(5-6)11(17)18/h3-4,6,14H,1-2,5H2,(H,17,18)/t6-/m1/s1. The number of benzene rings is 1. The molecular formula is C11H11BrFN3O4. The van der Waals surface area contributed by atoms with Gasteiger partial charge in [0.25, 0.3) is 5.69 Å². The Hall–Kier alpha value is -1.90. The van der Waals surface area contributed by atoms with Gasteiger partial charge in [-0.2, -0.15) is 0 Å². The van der Waals surface area contributed by atoms with Crippen LogP contribution in [0.5, 0.6) is 0 Å². The zero-order valence-electron chi connectivity index (χ0n) is 10.2. The van der Waals surface area contributed by atoms with Gasteiger partial charge in [-0.3, -0.25) is 10.1 Å². The van der Waals surface area contributed by atoms with Crippen molar-refractivity contribution in [2.45, 2.75) is 12.5 Å².